The first-order valence-corrected chi connectivity index (χ1v) is 5.57. The zero-order chi connectivity index (χ0) is 9.10. The summed E-state index contributed by atoms with van der Waals surface area (Å²) in [6.45, 7) is 4.07. The molecule has 3 nitrogen and oxygen atoms in total. The van der Waals surface area contributed by atoms with E-state index in [9.17, 15) is 0 Å². The van der Waals surface area contributed by atoms with E-state index in [1.54, 1.807) is 11.8 Å². The number of hydrogen-bond donors (Lipinski definition) is 1. The summed E-state index contributed by atoms with van der Waals surface area (Å²) >= 11 is 1.70. The Kier molecular flexibility index (Phi) is 4.65. The predicted octanol–water partition coefficient (Wildman–Crippen LogP) is 1.66. The fourth-order valence-electron chi connectivity index (χ4n) is 1.41. The molecule has 0 saturated carbocycles. The Morgan fingerprint density at radius 2 is 2.43 bits per heavy atom. The van der Waals surface area contributed by atoms with Gasteiger partial charge in [-0.3, -0.25) is 0 Å². The lowest BCUT2D eigenvalue weighted by Gasteiger charge is -2.15. The molecule has 1 aliphatic rings. The number of fused-ring (bicyclic) bond motifs is 1. The third-order valence-corrected chi connectivity index (χ3v) is 2.81. The van der Waals surface area contributed by atoms with Crippen LogP contribution in [0.25, 0.3) is 0 Å². The topological polar surface area (TPSA) is 37.8 Å². The maximum Gasteiger partial charge on any atom is 0.187 e. The summed E-state index contributed by atoms with van der Waals surface area (Å²) in [5.74, 6) is 1.03. The van der Waals surface area contributed by atoms with Crippen molar-refractivity contribution in [1.29, 1.82) is 0 Å². The van der Waals surface area contributed by atoms with Crippen LogP contribution in [0.1, 0.15) is 18.2 Å². The van der Waals surface area contributed by atoms with Crippen LogP contribution in [0.5, 0.6) is 0 Å². The molecule has 2 heterocycles. The highest BCUT2D eigenvalue weighted by Gasteiger charge is 2.10. The van der Waals surface area contributed by atoms with Gasteiger partial charge in [-0.1, -0.05) is 18.7 Å². The Morgan fingerprint density at radius 1 is 1.57 bits per heavy atom. The van der Waals surface area contributed by atoms with Crippen molar-refractivity contribution < 1.29 is 0 Å². The van der Waals surface area contributed by atoms with Crippen molar-refractivity contribution in [3.63, 3.8) is 0 Å². The molecule has 0 radical (unpaired) electrons. The number of nitrogens with one attached hydrogen (secondary N) is 1. The molecule has 14 heavy (non-hydrogen) atoms. The Bertz CT molecular complexity index is 306. The summed E-state index contributed by atoms with van der Waals surface area (Å²) in [4.78, 5) is 8.80. The van der Waals surface area contributed by atoms with Gasteiger partial charge in [-0.2, -0.15) is 0 Å². The molecule has 0 fully saturated rings. The normalized spacial score (nSPS) is 14.4. The minimum Gasteiger partial charge on any atom is -0.311 e. The highest BCUT2D eigenvalue weighted by Crippen LogP contribution is 2.16. The summed E-state index contributed by atoms with van der Waals surface area (Å²) in [7, 11) is 0. The van der Waals surface area contributed by atoms with Crippen molar-refractivity contribution >= 4 is 24.2 Å². The lowest BCUT2D eigenvalue weighted by molar-refractivity contribution is 0.612. The van der Waals surface area contributed by atoms with Gasteiger partial charge in [-0.15, -0.1) is 12.4 Å². The average Bonchev–Trinajstić information content (AvgIpc) is 2.18. The molecule has 1 aliphatic heterocycles. The van der Waals surface area contributed by atoms with E-state index in [4.69, 9.17) is 0 Å². The van der Waals surface area contributed by atoms with Crippen LogP contribution in [0.4, 0.5) is 0 Å². The van der Waals surface area contributed by atoms with Crippen LogP contribution >= 0.6 is 24.2 Å². The van der Waals surface area contributed by atoms with Crippen molar-refractivity contribution in [1.82, 2.24) is 15.3 Å². The number of thioether (sulfide) groups is 1. The summed E-state index contributed by atoms with van der Waals surface area (Å²) in [5.41, 5.74) is 2.48. The zero-order valence-electron chi connectivity index (χ0n) is 8.12. The van der Waals surface area contributed by atoms with Crippen LogP contribution in [0.15, 0.2) is 11.4 Å². The first-order chi connectivity index (χ1) is 6.40. The Morgan fingerprint density at radius 3 is 3.21 bits per heavy atom. The molecular weight excluding hydrogens is 218 g/mol. The van der Waals surface area contributed by atoms with E-state index in [0.29, 0.717) is 0 Å². The van der Waals surface area contributed by atoms with Gasteiger partial charge in [-0.25, -0.2) is 9.97 Å². The third-order valence-electron chi connectivity index (χ3n) is 2.07. The minimum atomic E-state index is 0. The minimum absolute atomic E-state index is 0. The van der Waals surface area contributed by atoms with Gasteiger partial charge in [0.25, 0.3) is 0 Å². The van der Waals surface area contributed by atoms with E-state index in [0.717, 1.165) is 30.4 Å². The molecular formula is C9H14ClN3S. The van der Waals surface area contributed by atoms with Crippen LogP contribution in [0.2, 0.25) is 0 Å². The van der Waals surface area contributed by atoms with Crippen molar-refractivity contribution in [2.75, 3.05) is 12.3 Å². The standard InChI is InChI=1S/C9H13N3S.ClH/c1-2-13-9-11-5-7-3-4-10-6-8(7)12-9;/h5,10H,2-4,6H2,1H3;1H. The van der Waals surface area contributed by atoms with Gasteiger partial charge in [0, 0.05) is 12.7 Å². The summed E-state index contributed by atoms with van der Waals surface area (Å²) in [5, 5.41) is 4.22. The molecule has 0 amide bonds. The molecule has 0 unspecified atom stereocenters. The zero-order valence-corrected chi connectivity index (χ0v) is 9.75. The van der Waals surface area contributed by atoms with Gasteiger partial charge < -0.3 is 5.32 Å². The van der Waals surface area contributed by atoms with Gasteiger partial charge in [0.1, 0.15) is 0 Å². The molecule has 0 atom stereocenters. The first kappa shape index (κ1) is 11.8. The van der Waals surface area contributed by atoms with Crippen molar-refractivity contribution in [3.8, 4) is 0 Å². The molecule has 0 saturated heterocycles. The monoisotopic (exact) mass is 231 g/mol. The number of nitrogens with zero attached hydrogens (tertiary/aromatic N) is 2. The first-order valence-electron chi connectivity index (χ1n) is 4.58. The number of hydrogen-bond acceptors (Lipinski definition) is 4. The predicted molar refractivity (Wildman–Crippen MR) is 61.1 cm³/mol. The van der Waals surface area contributed by atoms with Gasteiger partial charge in [0.05, 0.1) is 5.69 Å². The largest absolute Gasteiger partial charge is 0.311 e. The lowest BCUT2D eigenvalue weighted by atomic mass is 10.1. The van der Waals surface area contributed by atoms with Crippen LogP contribution in [0.3, 0.4) is 0 Å². The van der Waals surface area contributed by atoms with E-state index in [-0.39, 0.29) is 12.4 Å². The van der Waals surface area contributed by atoms with Crippen molar-refractivity contribution in [2.24, 2.45) is 0 Å². The van der Waals surface area contributed by atoms with Gasteiger partial charge in [0.2, 0.25) is 0 Å². The molecule has 2 rings (SSSR count). The van der Waals surface area contributed by atoms with Crippen LogP contribution < -0.4 is 5.32 Å². The second-order valence-electron chi connectivity index (χ2n) is 2.98. The number of halogens is 1. The molecule has 0 bridgehead atoms. The van der Waals surface area contributed by atoms with Crippen molar-refractivity contribution in [2.45, 2.75) is 25.0 Å². The number of aromatic nitrogens is 2. The lowest BCUT2D eigenvalue weighted by Crippen LogP contribution is -2.25. The number of rotatable bonds is 2. The SMILES string of the molecule is CCSc1ncc2c(n1)CNCC2.Cl. The quantitative estimate of drug-likeness (QED) is 0.621. The van der Waals surface area contributed by atoms with E-state index in [1.165, 1.54) is 11.3 Å². The van der Waals surface area contributed by atoms with E-state index in [2.05, 4.69) is 22.2 Å². The van der Waals surface area contributed by atoms with Gasteiger partial charge in [-0.05, 0) is 24.3 Å². The molecule has 78 valence electrons. The fraction of sp³-hybridized carbons (Fsp3) is 0.556. The molecule has 1 N–H and O–H groups in total. The van der Waals surface area contributed by atoms with E-state index < -0.39 is 0 Å². The van der Waals surface area contributed by atoms with E-state index in [1.807, 2.05) is 6.20 Å². The maximum absolute atomic E-state index is 4.49. The summed E-state index contributed by atoms with van der Waals surface area (Å²) in [6, 6.07) is 0. The molecule has 0 aromatic carbocycles. The smallest absolute Gasteiger partial charge is 0.187 e. The summed E-state index contributed by atoms with van der Waals surface area (Å²) < 4.78 is 0. The van der Waals surface area contributed by atoms with E-state index >= 15 is 0 Å². The fourth-order valence-corrected chi connectivity index (χ4v) is 1.97. The Labute approximate surface area is 94.5 Å². The molecule has 5 heteroatoms. The van der Waals surface area contributed by atoms with Gasteiger partial charge >= 0.3 is 0 Å². The highest BCUT2D eigenvalue weighted by atomic mass is 35.5. The van der Waals surface area contributed by atoms with Gasteiger partial charge in [0.15, 0.2) is 5.16 Å². The molecule has 0 aliphatic carbocycles. The van der Waals surface area contributed by atoms with Crippen LogP contribution in [-0.2, 0) is 13.0 Å². The Hall–Kier alpha value is -0.320. The second-order valence-corrected chi connectivity index (χ2v) is 4.22. The molecule has 0 spiro atoms. The molecule has 1 aromatic heterocycles. The third kappa shape index (κ3) is 2.59. The highest BCUT2D eigenvalue weighted by molar-refractivity contribution is 7.99. The van der Waals surface area contributed by atoms with Crippen molar-refractivity contribution in [3.05, 3.63) is 17.5 Å². The Balaban J connectivity index is 0.000000980. The second kappa shape index (κ2) is 5.53. The van der Waals surface area contributed by atoms with Crippen LogP contribution in [-0.4, -0.2) is 22.3 Å². The molecule has 1 aromatic rings. The summed E-state index contributed by atoms with van der Waals surface area (Å²) in [6.07, 6.45) is 3.04. The van der Waals surface area contributed by atoms with Crippen LogP contribution in [0, 0.1) is 0 Å². The maximum atomic E-state index is 4.49. The average molecular weight is 232 g/mol.